The van der Waals surface area contributed by atoms with Crippen molar-refractivity contribution in [3.63, 3.8) is 0 Å². The summed E-state index contributed by atoms with van der Waals surface area (Å²) in [6, 6.07) is 1.40. The van der Waals surface area contributed by atoms with Crippen LogP contribution < -0.4 is 5.32 Å². The minimum absolute atomic E-state index is 0.0661. The summed E-state index contributed by atoms with van der Waals surface area (Å²) < 4.78 is 0. The Hall–Kier alpha value is -1.91. The Labute approximate surface area is 99.9 Å². The van der Waals surface area contributed by atoms with Crippen LogP contribution in [0.2, 0.25) is 0 Å². The van der Waals surface area contributed by atoms with E-state index >= 15 is 0 Å². The van der Waals surface area contributed by atoms with Gasteiger partial charge in [0.1, 0.15) is 0 Å². The van der Waals surface area contributed by atoms with Gasteiger partial charge in [-0.2, -0.15) is 0 Å². The Bertz CT molecular complexity index is 404. The lowest BCUT2D eigenvalue weighted by Crippen LogP contribution is -2.12. The van der Waals surface area contributed by atoms with Crippen LogP contribution in [0, 0.1) is 0 Å². The molecule has 1 amide bonds. The average molecular weight is 236 g/mol. The molecule has 5 heteroatoms. The highest BCUT2D eigenvalue weighted by atomic mass is 16.4. The number of aromatic nitrogens is 1. The van der Waals surface area contributed by atoms with E-state index < -0.39 is 5.97 Å². The molecule has 0 aliphatic rings. The average Bonchev–Trinajstić information content (AvgIpc) is 2.29. The van der Waals surface area contributed by atoms with Gasteiger partial charge in [-0.15, -0.1) is 0 Å². The highest BCUT2D eigenvalue weighted by Crippen LogP contribution is 2.09. The van der Waals surface area contributed by atoms with Gasteiger partial charge in [0.05, 0.1) is 17.4 Å². The van der Waals surface area contributed by atoms with Crippen molar-refractivity contribution in [2.45, 2.75) is 32.6 Å². The van der Waals surface area contributed by atoms with Crippen LogP contribution in [-0.4, -0.2) is 22.0 Å². The van der Waals surface area contributed by atoms with Crippen LogP contribution in [0.5, 0.6) is 0 Å². The smallest absolute Gasteiger partial charge is 0.337 e. The summed E-state index contributed by atoms with van der Waals surface area (Å²) in [6.45, 7) is 2.07. The van der Waals surface area contributed by atoms with Crippen LogP contribution in [0.1, 0.15) is 43.0 Å². The standard InChI is InChI=1S/C12H16N2O3/c1-2-3-4-5-11(15)14-10-6-9(12(16)17)7-13-8-10/h6-8H,2-5H2,1H3,(H,14,15)(H,16,17). The fourth-order valence-electron chi connectivity index (χ4n) is 1.38. The topological polar surface area (TPSA) is 79.3 Å². The molecule has 0 spiro atoms. The van der Waals surface area contributed by atoms with Gasteiger partial charge in [0.2, 0.25) is 5.91 Å². The first kappa shape index (κ1) is 13.2. The van der Waals surface area contributed by atoms with Crippen molar-refractivity contribution >= 4 is 17.6 Å². The van der Waals surface area contributed by atoms with E-state index in [2.05, 4.69) is 17.2 Å². The number of hydrogen-bond acceptors (Lipinski definition) is 3. The molecular weight excluding hydrogens is 220 g/mol. The SMILES string of the molecule is CCCCCC(=O)Nc1cncc(C(=O)O)c1. The first-order valence-electron chi connectivity index (χ1n) is 5.61. The van der Waals surface area contributed by atoms with E-state index in [1.807, 2.05) is 0 Å². The van der Waals surface area contributed by atoms with Gasteiger partial charge in [-0.3, -0.25) is 9.78 Å². The molecule has 0 saturated heterocycles. The molecule has 2 N–H and O–H groups in total. The van der Waals surface area contributed by atoms with Crippen molar-refractivity contribution in [1.29, 1.82) is 0 Å². The zero-order valence-corrected chi connectivity index (χ0v) is 9.77. The highest BCUT2D eigenvalue weighted by Gasteiger charge is 2.06. The molecule has 0 aromatic carbocycles. The Morgan fingerprint density at radius 1 is 1.35 bits per heavy atom. The summed E-state index contributed by atoms with van der Waals surface area (Å²) in [5.74, 6) is -1.16. The summed E-state index contributed by atoms with van der Waals surface area (Å²) in [6.07, 6.45) is 6.04. The maximum absolute atomic E-state index is 11.5. The lowest BCUT2D eigenvalue weighted by atomic mass is 10.2. The lowest BCUT2D eigenvalue weighted by Gasteiger charge is -2.05. The van der Waals surface area contributed by atoms with Gasteiger partial charge in [0.15, 0.2) is 0 Å². The van der Waals surface area contributed by atoms with Crippen LogP contribution in [0.4, 0.5) is 5.69 Å². The molecule has 0 radical (unpaired) electrons. The number of carboxylic acids is 1. The Morgan fingerprint density at radius 2 is 2.12 bits per heavy atom. The molecule has 17 heavy (non-hydrogen) atoms. The fourth-order valence-corrected chi connectivity index (χ4v) is 1.38. The van der Waals surface area contributed by atoms with E-state index in [1.165, 1.54) is 18.5 Å². The largest absolute Gasteiger partial charge is 0.478 e. The van der Waals surface area contributed by atoms with Gasteiger partial charge < -0.3 is 10.4 Å². The number of anilines is 1. The maximum Gasteiger partial charge on any atom is 0.337 e. The molecule has 1 aromatic heterocycles. The molecule has 0 unspecified atom stereocenters. The summed E-state index contributed by atoms with van der Waals surface area (Å²) >= 11 is 0. The Kier molecular flexibility index (Phi) is 5.13. The number of unbranched alkanes of at least 4 members (excludes halogenated alkanes) is 2. The number of nitrogens with zero attached hydrogens (tertiary/aromatic N) is 1. The monoisotopic (exact) mass is 236 g/mol. The number of carboxylic acid groups (broad SMARTS) is 1. The van der Waals surface area contributed by atoms with Gasteiger partial charge >= 0.3 is 5.97 Å². The number of aromatic carboxylic acids is 1. The number of rotatable bonds is 6. The number of nitrogens with one attached hydrogen (secondary N) is 1. The molecule has 0 aliphatic carbocycles. The second kappa shape index (κ2) is 6.62. The Balaban J connectivity index is 2.53. The van der Waals surface area contributed by atoms with E-state index in [9.17, 15) is 9.59 Å². The van der Waals surface area contributed by atoms with Crippen molar-refractivity contribution in [2.24, 2.45) is 0 Å². The minimum atomic E-state index is -1.06. The van der Waals surface area contributed by atoms with Gasteiger partial charge in [-0.05, 0) is 12.5 Å². The highest BCUT2D eigenvalue weighted by molar-refractivity contribution is 5.93. The van der Waals surface area contributed by atoms with Crippen LogP contribution in [-0.2, 0) is 4.79 Å². The molecule has 0 saturated carbocycles. The molecule has 5 nitrogen and oxygen atoms in total. The van der Waals surface area contributed by atoms with E-state index in [0.717, 1.165) is 19.3 Å². The predicted molar refractivity (Wildman–Crippen MR) is 64.0 cm³/mol. The van der Waals surface area contributed by atoms with Crippen molar-refractivity contribution in [2.75, 3.05) is 5.32 Å². The molecule has 1 rings (SSSR count). The van der Waals surface area contributed by atoms with Crippen LogP contribution >= 0.6 is 0 Å². The number of carbonyl (C=O) groups is 2. The molecule has 0 atom stereocenters. The van der Waals surface area contributed by atoms with Crippen molar-refractivity contribution in [3.05, 3.63) is 24.0 Å². The van der Waals surface area contributed by atoms with Crippen molar-refractivity contribution < 1.29 is 14.7 Å². The molecule has 1 aromatic rings. The molecule has 0 fully saturated rings. The number of amides is 1. The zero-order valence-electron chi connectivity index (χ0n) is 9.77. The van der Waals surface area contributed by atoms with Gasteiger partial charge in [0.25, 0.3) is 0 Å². The second-order valence-electron chi connectivity index (χ2n) is 3.77. The minimum Gasteiger partial charge on any atom is -0.478 e. The van der Waals surface area contributed by atoms with E-state index in [1.54, 1.807) is 0 Å². The third kappa shape index (κ3) is 4.63. The molecule has 1 heterocycles. The molecule has 92 valence electrons. The van der Waals surface area contributed by atoms with Gasteiger partial charge in [0, 0.05) is 12.6 Å². The lowest BCUT2D eigenvalue weighted by molar-refractivity contribution is -0.116. The van der Waals surface area contributed by atoms with Gasteiger partial charge in [-0.1, -0.05) is 19.8 Å². The van der Waals surface area contributed by atoms with Gasteiger partial charge in [-0.25, -0.2) is 4.79 Å². The molecule has 0 aliphatic heterocycles. The molecule has 0 bridgehead atoms. The Morgan fingerprint density at radius 3 is 2.76 bits per heavy atom. The fraction of sp³-hybridized carbons (Fsp3) is 0.417. The maximum atomic E-state index is 11.5. The number of pyridine rings is 1. The first-order chi connectivity index (χ1) is 8.13. The number of carbonyl (C=O) groups excluding carboxylic acids is 1. The third-order valence-electron chi connectivity index (χ3n) is 2.28. The van der Waals surface area contributed by atoms with Crippen molar-refractivity contribution in [3.8, 4) is 0 Å². The third-order valence-corrected chi connectivity index (χ3v) is 2.28. The first-order valence-corrected chi connectivity index (χ1v) is 5.61. The van der Waals surface area contributed by atoms with Crippen LogP contribution in [0.15, 0.2) is 18.5 Å². The van der Waals surface area contributed by atoms with E-state index in [-0.39, 0.29) is 11.5 Å². The van der Waals surface area contributed by atoms with E-state index in [4.69, 9.17) is 5.11 Å². The summed E-state index contributed by atoms with van der Waals surface area (Å²) in [7, 11) is 0. The quantitative estimate of drug-likeness (QED) is 0.743. The normalized spacial score (nSPS) is 9.94. The van der Waals surface area contributed by atoms with E-state index in [0.29, 0.717) is 12.1 Å². The predicted octanol–water partition coefficient (Wildman–Crippen LogP) is 2.30. The van der Waals surface area contributed by atoms with Crippen LogP contribution in [0.25, 0.3) is 0 Å². The van der Waals surface area contributed by atoms with Crippen molar-refractivity contribution in [1.82, 2.24) is 4.98 Å². The summed E-state index contributed by atoms with van der Waals surface area (Å²) in [4.78, 5) is 25.9. The molecular formula is C12H16N2O3. The summed E-state index contributed by atoms with van der Waals surface area (Å²) in [5.41, 5.74) is 0.489. The van der Waals surface area contributed by atoms with Crippen LogP contribution in [0.3, 0.4) is 0 Å². The zero-order chi connectivity index (χ0) is 12.7. The number of hydrogen-bond donors (Lipinski definition) is 2. The summed E-state index contributed by atoms with van der Waals surface area (Å²) in [5, 5.41) is 11.4. The second-order valence-corrected chi connectivity index (χ2v) is 3.77.